The summed E-state index contributed by atoms with van der Waals surface area (Å²) in [6.07, 6.45) is 2.52. The quantitative estimate of drug-likeness (QED) is 0.665. The molecule has 1 amide bonds. The Morgan fingerprint density at radius 2 is 2.29 bits per heavy atom. The number of aromatic amines is 1. The summed E-state index contributed by atoms with van der Waals surface area (Å²) in [6, 6.07) is -0.692. The zero-order valence-corrected chi connectivity index (χ0v) is 10.2. The van der Waals surface area contributed by atoms with E-state index in [1.54, 1.807) is 6.92 Å². The van der Waals surface area contributed by atoms with E-state index in [2.05, 4.69) is 20.2 Å². The minimum absolute atomic E-state index is 0.0795. The number of carbonyl (C=O) groups excluding carboxylic acids is 1. The molecule has 0 aliphatic carbocycles. The van der Waals surface area contributed by atoms with Gasteiger partial charge in [-0.2, -0.15) is 9.82 Å². The van der Waals surface area contributed by atoms with Crippen molar-refractivity contribution in [3.05, 3.63) is 11.9 Å². The molecule has 1 unspecified atom stereocenters. The molecule has 1 saturated heterocycles. The summed E-state index contributed by atoms with van der Waals surface area (Å²) in [4.78, 5) is 11.5. The molecular weight excluding hydrogens is 244 g/mol. The van der Waals surface area contributed by atoms with Gasteiger partial charge < -0.3 is 5.32 Å². The minimum atomic E-state index is -3.68. The fourth-order valence-corrected chi connectivity index (χ4v) is 3.11. The molecule has 1 aliphatic heterocycles. The van der Waals surface area contributed by atoms with Crippen LogP contribution in [0.1, 0.15) is 18.5 Å². The second kappa shape index (κ2) is 4.46. The first kappa shape index (κ1) is 12.1. The molecule has 1 aromatic heterocycles. The number of hydrogen-bond acceptors (Lipinski definition) is 4. The van der Waals surface area contributed by atoms with Crippen LogP contribution >= 0.6 is 0 Å². The lowest BCUT2D eigenvalue weighted by atomic mass is 10.1. The number of carbonyl (C=O) groups is 1. The molecule has 0 aromatic carbocycles. The van der Waals surface area contributed by atoms with Gasteiger partial charge in [0, 0.05) is 6.54 Å². The number of aryl methyl sites for hydroxylation is 1. The maximum atomic E-state index is 12.0. The molecule has 7 nitrogen and oxygen atoms in total. The lowest BCUT2D eigenvalue weighted by Crippen LogP contribution is -2.50. The fourth-order valence-electron chi connectivity index (χ4n) is 1.75. The summed E-state index contributed by atoms with van der Waals surface area (Å²) in [6.45, 7) is 2.21. The van der Waals surface area contributed by atoms with Gasteiger partial charge in [0.05, 0.1) is 11.9 Å². The van der Waals surface area contributed by atoms with Crippen LogP contribution in [0.5, 0.6) is 0 Å². The molecule has 17 heavy (non-hydrogen) atoms. The Morgan fingerprint density at radius 1 is 1.53 bits per heavy atom. The molecule has 94 valence electrons. The number of nitrogens with one attached hydrogen (secondary N) is 3. The van der Waals surface area contributed by atoms with E-state index in [1.807, 2.05) is 0 Å². The van der Waals surface area contributed by atoms with Crippen LogP contribution in [0, 0.1) is 6.92 Å². The number of H-pyrrole nitrogens is 1. The van der Waals surface area contributed by atoms with Crippen LogP contribution in [-0.2, 0) is 14.8 Å². The molecular formula is C9H14N4O3S. The predicted molar refractivity (Wildman–Crippen MR) is 59.7 cm³/mol. The maximum Gasteiger partial charge on any atom is 0.244 e. The van der Waals surface area contributed by atoms with Crippen molar-refractivity contribution >= 4 is 15.9 Å². The minimum Gasteiger partial charge on any atom is -0.355 e. The van der Waals surface area contributed by atoms with Gasteiger partial charge in [0.25, 0.3) is 0 Å². The SMILES string of the molecule is Cc1[nH]ncc1S(=O)(=O)NC1CCCNC1=O. The summed E-state index contributed by atoms with van der Waals surface area (Å²) >= 11 is 0. The lowest BCUT2D eigenvalue weighted by Gasteiger charge is -2.22. The Labute approximate surface area is 99.0 Å². The van der Waals surface area contributed by atoms with E-state index >= 15 is 0 Å². The first-order chi connectivity index (χ1) is 8.00. The predicted octanol–water partition coefficient (Wildman–Crippen LogP) is -0.725. The van der Waals surface area contributed by atoms with Gasteiger partial charge in [0.1, 0.15) is 10.9 Å². The fraction of sp³-hybridized carbons (Fsp3) is 0.556. The Bertz CT molecular complexity index is 522. The average molecular weight is 258 g/mol. The van der Waals surface area contributed by atoms with Crippen LogP contribution in [0.3, 0.4) is 0 Å². The van der Waals surface area contributed by atoms with Gasteiger partial charge in [-0.05, 0) is 19.8 Å². The number of piperidine rings is 1. The van der Waals surface area contributed by atoms with Crippen molar-refractivity contribution in [2.75, 3.05) is 6.54 Å². The number of sulfonamides is 1. The van der Waals surface area contributed by atoms with Gasteiger partial charge in [-0.15, -0.1) is 0 Å². The van der Waals surface area contributed by atoms with Crippen LogP contribution in [0.15, 0.2) is 11.1 Å². The highest BCUT2D eigenvalue weighted by Gasteiger charge is 2.28. The monoisotopic (exact) mass is 258 g/mol. The second-order valence-corrected chi connectivity index (χ2v) is 5.65. The second-order valence-electron chi connectivity index (χ2n) is 3.97. The highest BCUT2D eigenvalue weighted by molar-refractivity contribution is 7.89. The first-order valence-corrected chi connectivity index (χ1v) is 6.79. The first-order valence-electron chi connectivity index (χ1n) is 5.31. The highest BCUT2D eigenvalue weighted by Crippen LogP contribution is 2.13. The molecule has 0 bridgehead atoms. The molecule has 0 radical (unpaired) electrons. The molecule has 1 aliphatic rings. The third-order valence-electron chi connectivity index (χ3n) is 2.66. The Morgan fingerprint density at radius 3 is 2.88 bits per heavy atom. The molecule has 0 saturated carbocycles. The summed E-state index contributed by atoms with van der Waals surface area (Å²) in [7, 11) is -3.68. The zero-order valence-electron chi connectivity index (χ0n) is 9.36. The van der Waals surface area contributed by atoms with Crippen LogP contribution in [0.4, 0.5) is 0 Å². The third-order valence-corrected chi connectivity index (χ3v) is 4.24. The van der Waals surface area contributed by atoms with Gasteiger partial charge in [-0.25, -0.2) is 8.42 Å². The Balaban J connectivity index is 2.18. The van der Waals surface area contributed by atoms with E-state index in [4.69, 9.17) is 0 Å². The average Bonchev–Trinajstić information content (AvgIpc) is 2.68. The summed E-state index contributed by atoms with van der Waals surface area (Å²) in [5.41, 5.74) is 0.453. The smallest absolute Gasteiger partial charge is 0.244 e. The molecule has 1 fully saturated rings. The third kappa shape index (κ3) is 2.47. The van der Waals surface area contributed by atoms with Crippen LogP contribution in [0.2, 0.25) is 0 Å². The number of nitrogens with zero attached hydrogens (tertiary/aromatic N) is 1. The highest BCUT2D eigenvalue weighted by atomic mass is 32.2. The molecule has 8 heteroatoms. The molecule has 0 spiro atoms. The van der Waals surface area contributed by atoms with Crippen LogP contribution in [-0.4, -0.2) is 37.1 Å². The number of amides is 1. The zero-order chi connectivity index (χ0) is 12.5. The van der Waals surface area contributed by atoms with E-state index in [0.29, 0.717) is 18.7 Å². The number of aromatic nitrogens is 2. The normalized spacial score (nSPS) is 21.2. The van der Waals surface area contributed by atoms with E-state index in [-0.39, 0.29) is 10.8 Å². The standard InChI is InChI=1S/C9H14N4O3S/c1-6-8(5-11-12-6)17(15,16)13-7-3-2-4-10-9(7)14/h5,7,13H,2-4H2,1H3,(H,10,14)(H,11,12). The lowest BCUT2D eigenvalue weighted by molar-refractivity contribution is -0.124. The largest absolute Gasteiger partial charge is 0.355 e. The van der Waals surface area contributed by atoms with Gasteiger partial charge in [-0.3, -0.25) is 9.89 Å². The van der Waals surface area contributed by atoms with Crippen molar-refractivity contribution in [2.24, 2.45) is 0 Å². The molecule has 1 atom stereocenters. The van der Waals surface area contributed by atoms with E-state index in [1.165, 1.54) is 6.20 Å². The van der Waals surface area contributed by atoms with E-state index in [9.17, 15) is 13.2 Å². The van der Waals surface area contributed by atoms with Crippen molar-refractivity contribution in [3.8, 4) is 0 Å². The topological polar surface area (TPSA) is 104 Å². The number of hydrogen-bond donors (Lipinski definition) is 3. The molecule has 2 rings (SSSR count). The van der Waals surface area contributed by atoms with Crippen molar-refractivity contribution in [2.45, 2.75) is 30.7 Å². The van der Waals surface area contributed by atoms with Crippen LogP contribution < -0.4 is 10.0 Å². The van der Waals surface area contributed by atoms with E-state index in [0.717, 1.165) is 6.42 Å². The van der Waals surface area contributed by atoms with E-state index < -0.39 is 16.1 Å². The maximum absolute atomic E-state index is 12.0. The summed E-state index contributed by atoms with van der Waals surface area (Å²) in [5.74, 6) is -0.277. The van der Waals surface area contributed by atoms with Crippen molar-refractivity contribution in [1.29, 1.82) is 0 Å². The molecule has 3 N–H and O–H groups in total. The van der Waals surface area contributed by atoms with Crippen LogP contribution in [0.25, 0.3) is 0 Å². The van der Waals surface area contributed by atoms with Gasteiger partial charge >= 0.3 is 0 Å². The van der Waals surface area contributed by atoms with Gasteiger partial charge in [0.15, 0.2) is 0 Å². The number of rotatable bonds is 3. The Hall–Kier alpha value is -1.41. The molecule has 1 aromatic rings. The Kier molecular flexibility index (Phi) is 3.16. The summed E-state index contributed by atoms with van der Waals surface area (Å²) in [5, 5.41) is 8.83. The van der Waals surface area contributed by atoms with Crippen molar-refractivity contribution in [1.82, 2.24) is 20.2 Å². The van der Waals surface area contributed by atoms with Gasteiger partial charge in [-0.1, -0.05) is 0 Å². The van der Waals surface area contributed by atoms with Crippen molar-refractivity contribution in [3.63, 3.8) is 0 Å². The summed E-state index contributed by atoms with van der Waals surface area (Å²) < 4.78 is 26.3. The van der Waals surface area contributed by atoms with Gasteiger partial charge in [0.2, 0.25) is 15.9 Å². The molecule has 2 heterocycles. The van der Waals surface area contributed by atoms with Crippen molar-refractivity contribution < 1.29 is 13.2 Å².